The molecule has 0 radical (unpaired) electrons. The first-order chi connectivity index (χ1) is 7.69. The largest absolute Gasteiger partial charge is 0.491 e. The van der Waals surface area contributed by atoms with Crippen LogP contribution in [-0.4, -0.2) is 18.2 Å². The van der Waals surface area contributed by atoms with Gasteiger partial charge in [-0.25, -0.2) is 0 Å². The molecule has 88 valence electrons. The minimum absolute atomic E-state index is 0.369. The molecule has 1 aromatic rings. The SMILES string of the molecule is O=Cc1cc(Cl)cc(Cl)c1OCCCCBr. The van der Waals surface area contributed by atoms with Crippen LogP contribution in [0.15, 0.2) is 12.1 Å². The van der Waals surface area contributed by atoms with Crippen molar-refractivity contribution in [1.82, 2.24) is 0 Å². The minimum atomic E-state index is 0.369. The summed E-state index contributed by atoms with van der Waals surface area (Å²) in [5.41, 5.74) is 0.386. The van der Waals surface area contributed by atoms with E-state index in [9.17, 15) is 4.79 Å². The molecular formula is C11H11BrCl2O2. The molecule has 0 atom stereocenters. The fourth-order valence-electron chi connectivity index (χ4n) is 1.19. The van der Waals surface area contributed by atoms with E-state index in [2.05, 4.69) is 15.9 Å². The highest BCUT2D eigenvalue weighted by atomic mass is 79.9. The van der Waals surface area contributed by atoms with E-state index in [0.717, 1.165) is 18.2 Å². The summed E-state index contributed by atoms with van der Waals surface area (Å²) in [5.74, 6) is 0.413. The van der Waals surface area contributed by atoms with E-state index in [1.807, 2.05) is 0 Å². The zero-order valence-corrected chi connectivity index (χ0v) is 11.6. The summed E-state index contributed by atoms with van der Waals surface area (Å²) in [4.78, 5) is 10.8. The number of halogens is 3. The van der Waals surface area contributed by atoms with Crippen molar-refractivity contribution in [3.05, 3.63) is 27.7 Å². The average molecular weight is 326 g/mol. The molecule has 0 amide bonds. The third kappa shape index (κ3) is 3.96. The van der Waals surface area contributed by atoms with E-state index in [1.54, 1.807) is 12.1 Å². The van der Waals surface area contributed by atoms with Gasteiger partial charge in [0.05, 0.1) is 17.2 Å². The van der Waals surface area contributed by atoms with Crippen molar-refractivity contribution in [2.45, 2.75) is 12.8 Å². The first kappa shape index (κ1) is 13.8. The summed E-state index contributed by atoms with van der Waals surface area (Å²) in [6.45, 7) is 0.536. The second kappa shape index (κ2) is 7.15. The molecule has 0 aliphatic heterocycles. The Morgan fingerprint density at radius 1 is 1.31 bits per heavy atom. The topological polar surface area (TPSA) is 26.3 Å². The molecule has 0 aromatic heterocycles. The van der Waals surface area contributed by atoms with Crippen LogP contribution in [0.2, 0.25) is 10.0 Å². The number of hydrogen-bond donors (Lipinski definition) is 0. The number of carbonyl (C=O) groups is 1. The van der Waals surface area contributed by atoms with E-state index in [-0.39, 0.29) is 0 Å². The van der Waals surface area contributed by atoms with Crippen molar-refractivity contribution >= 4 is 45.4 Å². The monoisotopic (exact) mass is 324 g/mol. The summed E-state index contributed by atoms with van der Waals surface area (Å²) < 4.78 is 5.47. The predicted molar refractivity (Wildman–Crippen MR) is 70.4 cm³/mol. The Bertz CT molecular complexity index is 369. The van der Waals surface area contributed by atoms with E-state index >= 15 is 0 Å². The maximum absolute atomic E-state index is 10.8. The van der Waals surface area contributed by atoms with Gasteiger partial charge in [-0.3, -0.25) is 4.79 Å². The van der Waals surface area contributed by atoms with Crippen LogP contribution in [0.25, 0.3) is 0 Å². The van der Waals surface area contributed by atoms with Gasteiger partial charge in [0.1, 0.15) is 5.75 Å². The molecule has 0 heterocycles. The van der Waals surface area contributed by atoms with Crippen LogP contribution in [0, 0.1) is 0 Å². The smallest absolute Gasteiger partial charge is 0.153 e. The summed E-state index contributed by atoms with van der Waals surface area (Å²) in [6, 6.07) is 3.11. The minimum Gasteiger partial charge on any atom is -0.491 e. The van der Waals surface area contributed by atoms with E-state index in [4.69, 9.17) is 27.9 Å². The Kier molecular flexibility index (Phi) is 6.17. The predicted octanol–water partition coefficient (Wildman–Crippen LogP) is 4.36. The van der Waals surface area contributed by atoms with Crippen LogP contribution in [0.4, 0.5) is 0 Å². The Morgan fingerprint density at radius 3 is 2.69 bits per heavy atom. The van der Waals surface area contributed by atoms with Crippen molar-refractivity contribution in [1.29, 1.82) is 0 Å². The van der Waals surface area contributed by atoms with Crippen molar-refractivity contribution in [2.75, 3.05) is 11.9 Å². The third-order valence-corrected chi connectivity index (χ3v) is 3.00. The maximum atomic E-state index is 10.8. The normalized spacial score (nSPS) is 10.2. The van der Waals surface area contributed by atoms with Crippen molar-refractivity contribution in [3.63, 3.8) is 0 Å². The molecular weight excluding hydrogens is 315 g/mol. The lowest BCUT2D eigenvalue weighted by Gasteiger charge is -2.10. The highest BCUT2D eigenvalue weighted by Gasteiger charge is 2.09. The van der Waals surface area contributed by atoms with Gasteiger partial charge < -0.3 is 4.74 Å². The second-order valence-corrected chi connectivity index (χ2v) is 4.80. The molecule has 0 saturated carbocycles. The van der Waals surface area contributed by atoms with E-state index in [1.165, 1.54) is 0 Å². The van der Waals surface area contributed by atoms with Crippen LogP contribution in [0.5, 0.6) is 5.75 Å². The summed E-state index contributed by atoms with van der Waals surface area (Å²) in [7, 11) is 0. The number of aldehydes is 1. The number of hydrogen-bond acceptors (Lipinski definition) is 2. The van der Waals surface area contributed by atoms with Gasteiger partial charge in [0.15, 0.2) is 6.29 Å². The molecule has 2 nitrogen and oxygen atoms in total. The molecule has 0 saturated heterocycles. The van der Waals surface area contributed by atoms with Gasteiger partial charge in [-0.15, -0.1) is 0 Å². The van der Waals surface area contributed by atoms with Gasteiger partial charge in [0.25, 0.3) is 0 Å². The lowest BCUT2D eigenvalue weighted by molar-refractivity contribution is 0.111. The summed E-state index contributed by atoms with van der Waals surface area (Å²) in [6.07, 6.45) is 2.61. The van der Waals surface area contributed by atoms with Gasteiger partial charge in [0.2, 0.25) is 0 Å². The third-order valence-electron chi connectivity index (χ3n) is 1.94. The van der Waals surface area contributed by atoms with E-state index in [0.29, 0.717) is 34.3 Å². The summed E-state index contributed by atoms with van der Waals surface area (Å²) >= 11 is 15.1. The Balaban J connectivity index is 2.74. The highest BCUT2D eigenvalue weighted by Crippen LogP contribution is 2.31. The summed E-state index contributed by atoms with van der Waals surface area (Å²) in [5, 5.41) is 1.74. The van der Waals surface area contributed by atoms with Crippen LogP contribution in [0.1, 0.15) is 23.2 Å². The zero-order valence-electron chi connectivity index (χ0n) is 8.51. The van der Waals surface area contributed by atoms with Crippen molar-refractivity contribution < 1.29 is 9.53 Å². The molecule has 0 aliphatic carbocycles. The number of rotatable bonds is 6. The number of ether oxygens (including phenoxy) is 1. The van der Waals surface area contributed by atoms with Gasteiger partial charge in [-0.05, 0) is 25.0 Å². The molecule has 0 bridgehead atoms. The van der Waals surface area contributed by atoms with Crippen molar-refractivity contribution in [3.8, 4) is 5.75 Å². The molecule has 0 aliphatic rings. The maximum Gasteiger partial charge on any atom is 0.153 e. The number of carbonyl (C=O) groups excluding carboxylic acids is 1. The Labute approximate surface area is 113 Å². The number of unbranched alkanes of at least 4 members (excludes halogenated alkanes) is 1. The first-order valence-electron chi connectivity index (χ1n) is 4.82. The van der Waals surface area contributed by atoms with Crippen LogP contribution >= 0.6 is 39.1 Å². The molecule has 5 heteroatoms. The quantitative estimate of drug-likeness (QED) is 0.441. The number of alkyl halides is 1. The van der Waals surface area contributed by atoms with Crippen LogP contribution in [-0.2, 0) is 0 Å². The second-order valence-electron chi connectivity index (χ2n) is 3.17. The zero-order chi connectivity index (χ0) is 12.0. The number of benzene rings is 1. The molecule has 0 fully saturated rings. The molecule has 1 rings (SSSR count). The molecule has 0 spiro atoms. The fraction of sp³-hybridized carbons (Fsp3) is 0.364. The lowest BCUT2D eigenvalue weighted by Crippen LogP contribution is -2.01. The molecule has 0 N–H and O–H groups in total. The highest BCUT2D eigenvalue weighted by molar-refractivity contribution is 9.09. The standard InChI is InChI=1S/C11H11BrCl2O2/c12-3-1-2-4-16-11-8(7-15)5-9(13)6-10(11)14/h5-7H,1-4H2. The van der Waals surface area contributed by atoms with Crippen LogP contribution < -0.4 is 4.74 Å². The van der Waals surface area contributed by atoms with Crippen molar-refractivity contribution in [2.24, 2.45) is 0 Å². The van der Waals surface area contributed by atoms with Gasteiger partial charge in [-0.2, -0.15) is 0 Å². The Hall–Kier alpha value is -0.250. The van der Waals surface area contributed by atoms with Gasteiger partial charge >= 0.3 is 0 Å². The van der Waals surface area contributed by atoms with Gasteiger partial charge in [0, 0.05) is 10.4 Å². The average Bonchev–Trinajstić information content (AvgIpc) is 2.26. The molecule has 16 heavy (non-hydrogen) atoms. The first-order valence-corrected chi connectivity index (χ1v) is 6.69. The lowest BCUT2D eigenvalue weighted by atomic mass is 10.2. The van der Waals surface area contributed by atoms with E-state index < -0.39 is 0 Å². The van der Waals surface area contributed by atoms with Crippen LogP contribution in [0.3, 0.4) is 0 Å². The Morgan fingerprint density at radius 2 is 2.06 bits per heavy atom. The fourth-order valence-corrected chi connectivity index (χ4v) is 2.15. The molecule has 1 aromatic carbocycles. The van der Waals surface area contributed by atoms with Gasteiger partial charge in [-0.1, -0.05) is 39.1 Å². The molecule has 0 unspecified atom stereocenters.